The Morgan fingerprint density at radius 3 is 2.35 bits per heavy atom. The average molecular weight is 237 g/mol. The molecule has 0 saturated heterocycles. The number of methoxy groups -OCH3 is 1. The van der Waals surface area contributed by atoms with E-state index >= 15 is 0 Å². The third kappa shape index (κ3) is 1.98. The molecule has 3 nitrogen and oxygen atoms in total. The van der Waals surface area contributed by atoms with Crippen molar-refractivity contribution >= 4 is 0 Å². The molecule has 0 heterocycles. The quantitative estimate of drug-likeness (QED) is 0.803. The number of ether oxygens (including phenoxy) is 1. The fourth-order valence-corrected chi connectivity index (χ4v) is 3.78. The third-order valence-corrected chi connectivity index (χ3v) is 4.84. The molecule has 0 aromatic heterocycles. The van der Waals surface area contributed by atoms with Crippen LogP contribution < -0.4 is 0 Å². The van der Waals surface area contributed by atoms with Crippen LogP contribution in [0.15, 0.2) is 0 Å². The molecule has 2 saturated carbocycles. The molecule has 1 N–H and O–H groups in total. The van der Waals surface area contributed by atoms with E-state index in [4.69, 9.17) is 4.74 Å². The van der Waals surface area contributed by atoms with E-state index in [1.54, 1.807) is 7.11 Å². The van der Waals surface area contributed by atoms with Gasteiger partial charge in [0.25, 0.3) is 0 Å². The lowest BCUT2D eigenvalue weighted by molar-refractivity contribution is -0.179. The fraction of sp³-hybridized carbons (Fsp3) is 0.929. The molecule has 0 aromatic carbocycles. The van der Waals surface area contributed by atoms with Gasteiger partial charge in [-0.05, 0) is 25.7 Å². The van der Waals surface area contributed by atoms with E-state index in [0.29, 0.717) is 0 Å². The van der Waals surface area contributed by atoms with Crippen molar-refractivity contribution in [3.8, 4) is 6.07 Å². The molecule has 0 spiro atoms. The van der Waals surface area contributed by atoms with Gasteiger partial charge in [-0.25, -0.2) is 0 Å². The Balaban J connectivity index is 2.29. The molecular weight excluding hydrogens is 214 g/mol. The highest BCUT2D eigenvalue weighted by molar-refractivity contribution is 5.16. The normalized spacial score (nSPS) is 37.4. The average Bonchev–Trinajstić information content (AvgIpc) is 2.40. The maximum atomic E-state index is 11.1. The van der Waals surface area contributed by atoms with Crippen LogP contribution in [0.2, 0.25) is 0 Å². The van der Waals surface area contributed by atoms with E-state index in [9.17, 15) is 10.4 Å². The molecule has 2 unspecified atom stereocenters. The van der Waals surface area contributed by atoms with E-state index in [1.165, 1.54) is 6.42 Å². The van der Waals surface area contributed by atoms with Crippen LogP contribution >= 0.6 is 0 Å². The molecule has 0 amide bonds. The summed E-state index contributed by atoms with van der Waals surface area (Å²) in [5.41, 5.74) is -1.48. The van der Waals surface area contributed by atoms with Gasteiger partial charge in [0.15, 0.2) is 0 Å². The highest BCUT2D eigenvalue weighted by atomic mass is 16.5. The van der Waals surface area contributed by atoms with Gasteiger partial charge in [-0.1, -0.05) is 32.1 Å². The Kier molecular flexibility index (Phi) is 3.75. The molecule has 0 aliphatic heterocycles. The first-order valence-corrected chi connectivity index (χ1v) is 6.85. The molecular formula is C14H23NO2. The summed E-state index contributed by atoms with van der Waals surface area (Å²) in [5.74, 6) is 0. The van der Waals surface area contributed by atoms with Crippen molar-refractivity contribution in [2.24, 2.45) is 5.41 Å². The third-order valence-electron chi connectivity index (χ3n) is 4.84. The molecule has 0 aromatic rings. The van der Waals surface area contributed by atoms with Crippen LogP contribution in [0.3, 0.4) is 0 Å². The van der Waals surface area contributed by atoms with Gasteiger partial charge < -0.3 is 9.84 Å². The van der Waals surface area contributed by atoms with E-state index in [1.807, 2.05) is 0 Å². The standard InChI is InChI=1S/C14H23NO2/c1-17-12-7-3-6-10-14(12,16)13(11-15)8-4-2-5-9-13/h12,16H,2-10H2,1H3. The van der Waals surface area contributed by atoms with Gasteiger partial charge in [0, 0.05) is 7.11 Å². The molecule has 17 heavy (non-hydrogen) atoms. The number of rotatable bonds is 2. The zero-order valence-electron chi connectivity index (χ0n) is 10.7. The number of nitrogens with zero attached hydrogens (tertiary/aromatic N) is 1. The summed E-state index contributed by atoms with van der Waals surface area (Å²) < 4.78 is 5.49. The van der Waals surface area contributed by atoms with Crippen molar-refractivity contribution in [2.45, 2.75) is 69.5 Å². The summed E-state index contributed by atoms with van der Waals surface area (Å²) in [4.78, 5) is 0. The largest absolute Gasteiger partial charge is 0.386 e. The lowest BCUT2D eigenvalue weighted by atomic mass is 9.58. The van der Waals surface area contributed by atoms with Crippen LogP contribution in [0.5, 0.6) is 0 Å². The Morgan fingerprint density at radius 1 is 1.12 bits per heavy atom. The van der Waals surface area contributed by atoms with E-state index < -0.39 is 11.0 Å². The van der Waals surface area contributed by atoms with Crippen molar-refractivity contribution in [3.63, 3.8) is 0 Å². The first-order chi connectivity index (χ1) is 8.18. The van der Waals surface area contributed by atoms with Crippen LogP contribution in [-0.2, 0) is 4.74 Å². The minimum atomic E-state index is -0.921. The second-order valence-corrected chi connectivity index (χ2v) is 5.65. The molecule has 2 rings (SSSR count). The second-order valence-electron chi connectivity index (χ2n) is 5.65. The molecule has 2 fully saturated rings. The summed E-state index contributed by atoms with van der Waals surface area (Å²) >= 11 is 0. The lowest BCUT2D eigenvalue weighted by Gasteiger charge is -2.50. The molecule has 0 bridgehead atoms. The van der Waals surface area contributed by atoms with Gasteiger partial charge in [-0.3, -0.25) is 0 Å². The van der Waals surface area contributed by atoms with E-state index in [0.717, 1.165) is 51.4 Å². The van der Waals surface area contributed by atoms with Crippen LogP contribution in [0.4, 0.5) is 0 Å². The Labute approximate surface area is 104 Å². The molecule has 2 aliphatic rings. The summed E-state index contributed by atoms with van der Waals surface area (Å²) in [6.45, 7) is 0. The summed E-state index contributed by atoms with van der Waals surface area (Å²) in [6.07, 6.45) is 8.54. The molecule has 2 atom stereocenters. The van der Waals surface area contributed by atoms with Gasteiger partial charge in [-0.15, -0.1) is 0 Å². The molecule has 2 aliphatic carbocycles. The summed E-state index contributed by atoms with van der Waals surface area (Å²) in [7, 11) is 1.66. The zero-order valence-corrected chi connectivity index (χ0v) is 10.7. The summed E-state index contributed by atoms with van der Waals surface area (Å²) in [5, 5.41) is 20.7. The molecule has 96 valence electrons. The minimum absolute atomic E-state index is 0.158. The Hall–Kier alpha value is -0.590. The fourth-order valence-electron chi connectivity index (χ4n) is 3.78. The Morgan fingerprint density at radius 2 is 1.76 bits per heavy atom. The van der Waals surface area contributed by atoms with Gasteiger partial charge in [0.2, 0.25) is 0 Å². The van der Waals surface area contributed by atoms with Crippen LogP contribution in [-0.4, -0.2) is 23.9 Å². The first-order valence-electron chi connectivity index (χ1n) is 6.85. The van der Waals surface area contributed by atoms with Gasteiger partial charge in [-0.2, -0.15) is 5.26 Å². The second kappa shape index (κ2) is 4.96. The van der Waals surface area contributed by atoms with Crippen LogP contribution in [0.25, 0.3) is 0 Å². The highest BCUT2D eigenvalue weighted by Crippen LogP contribution is 2.51. The van der Waals surface area contributed by atoms with Crippen molar-refractivity contribution in [1.82, 2.24) is 0 Å². The van der Waals surface area contributed by atoms with Crippen LogP contribution in [0, 0.1) is 16.7 Å². The van der Waals surface area contributed by atoms with Gasteiger partial charge in [0.1, 0.15) is 5.60 Å². The SMILES string of the molecule is COC1CCCCC1(O)C1(C#N)CCCCC1. The monoisotopic (exact) mass is 237 g/mol. The number of hydrogen-bond donors (Lipinski definition) is 1. The van der Waals surface area contributed by atoms with Gasteiger partial charge >= 0.3 is 0 Å². The maximum Gasteiger partial charge on any atom is 0.109 e. The number of aliphatic hydroxyl groups is 1. The Bertz CT molecular complexity index is 304. The predicted molar refractivity (Wildman–Crippen MR) is 65.3 cm³/mol. The lowest BCUT2D eigenvalue weighted by Crippen LogP contribution is -2.58. The van der Waals surface area contributed by atoms with E-state index in [2.05, 4.69) is 6.07 Å². The minimum Gasteiger partial charge on any atom is -0.386 e. The van der Waals surface area contributed by atoms with Crippen molar-refractivity contribution in [2.75, 3.05) is 7.11 Å². The van der Waals surface area contributed by atoms with Crippen molar-refractivity contribution in [3.05, 3.63) is 0 Å². The highest BCUT2D eigenvalue weighted by Gasteiger charge is 2.56. The zero-order chi connectivity index (χ0) is 12.4. The molecule has 3 heteroatoms. The van der Waals surface area contributed by atoms with Crippen LogP contribution in [0.1, 0.15) is 57.8 Å². The summed E-state index contributed by atoms with van der Waals surface area (Å²) in [6, 6.07) is 2.46. The predicted octanol–water partition coefficient (Wildman–Crippen LogP) is 2.78. The van der Waals surface area contributed by atoms with Crippen molar-refractivity contribution < 1.29 is 9.84 Å². The van der Waals surface area contributed by atoms with Crippen molar-refractivity contribution in [1.29, 1.82) is 5.26 Å². The maximum absolute atomic E-state index is 11.1. The number of nitriles is 1. The van der Waals surface area contributed by atoms with Gasteiger partial charge in [0.05, 0.1) is 17.6 Å². The smallest absolute Gasteiger partial charge is 0.109 e. The number of hydrogen-bond acceptors (Lipinski definition) is 3. The first kappa shape index (κ1) is 12.9. The topological polar surface area (TPSA) is 53.2 Å². The molecule has 0 radical (unpaired) electrons. The van der Waals surface area contributed by atoms with E-state index in [-0.39, 0.29) is 6.10 Å².